The monoisotopic (exact) mass is 320 g/mol. The van der Waals surface area contributed by atoms with E-state index in [-0.39, 0.29) is 17.3 Å². The van der Waals surface area contributed by atoms with Crippen LogP contribution < -0.4 is 0 Å². The average Bonchev–Trinajstić information content (AvgIpc) is 3.40. The summed E-state index contributed by atoms with van der Waals surface area (Å²) in [5.41, 5.74) is 1.60. The second-order valence-corrected chi connectivity index (χ2v) is 7.78. The van der Waals surface area contributed by atoms with Gasteiger partial charge < -0.3 is 4.74 Å². The van der Waals surface area contributed by atoms with Gasteiger partial charge in [0.25, 0.3) is 0 Å². The summed E-state index contributed by atoms with van der Waals surface area (Å²) in [7, 11) is 0. The van der Waals surface area contributed by atoms with Crippen LogP contribution in [0, 0.1) is 11.3 Å². The summed E-state index contributed by atoms with van der Waals surface area (Å²) < 4.78 is 6.23. The molecule has 2 atom stereocenters. The van der Waals surface area contributed by atoms with E-state index >= 15 is 0 Å². The highest BCUT2D eigenvalue weighted by Crippen LogP contribution is 2.61. The molecule has 0 aromatic heterocycles. The number of benzene rings is 2. The SMILES string of the molecule is CC(C)(C1CC1)[C@@]1(c2ccccc2)C[C@@H](c2ccccc2)C(=O)O1. The number of hydrogen-bond acceptors (Lipinski definition) is 2. The van der Waals surface area contributed by atoms with E-state index < -0.39 is 5.60 Å². The maximum Gasteiger partial charge on any atom is 0.314 e. The predicted molar refractivity (Wildman–Crippen MR) is 94.5 cm³/mol. The van der Waals surface area contributed by atoms with Crippen LogP contribution in [-0.4, -0.2) is 5.97 Å². The van der Waals surface area contributed by atoms with Gasteiger partial charge in [-0.1, -0.05) is 74.5 Å². The molecule has 2 heteroatoms. The van der Waals surface area contributed by atoms with Gasteiger partial charge in [-0.25, -0.2) is 0 Å². The molecule has 0 spiro atoms. The molecule has 1 saturated heterocycles. The predicted octanol–water partition coefficient (Wildman–Crippen LogP) is 5.05. The van der Waals surface area contributed by atoms with E-state index in [1.165, 1.54) is 12.8 Å². The van der Waals surface area contributed by atoms with Gasteiger partial charge in [0.15, 0.2) is 0 Å². The van der Waals surface area contributed by atoms with Gasteiger partial charge in [-0.15, -0.1) is 0 Å². The molecule has 2 nitrogen and oxygen atoms in total. The topological polar surface area (TPSA) is 26.3 Å². The van der Waals surface area contributed by atoms with Gasteiger partial charge in [-0.2, -0.15) is 0 Å². The maximum atomic E-state index is 12.8. The van der Waals surface area contributed by atoms with Crippen LogP contribution >= 0.6 is 0 Å². The van der Waals surface area contributed by atoms with Gasteiger partial charge in [-0.3, -0.25) is 4.79 Å². The van der Waals surface area contributed by atoms with Crippen LogP contribution in [0.5, 0.6) is 0 Å². The van der Waals surface area contributed by atoms with Crippen LogP contribution in [0.1, 0.15) is 50.2 Å². The van der Waals surface area contributed by atoms with E-state index in [0.29, 0.717) is 5.92 Å². The highest BCUT2D eigenvalue weighted by Gasteiger charge is 2.61. The molecule has 0 bridgehead atoms. The Morgan fingerprint density at radius 2 is 1.54 bits per heavy atom. The largest absolute Gasteiger partial charge is 0.453 e. The highest BCUT2D eigenvalue weighted by atomic mass is 16.6. The van der Waals surface area contributed by atoms with Crippen molar-refractivity contribution >= 4 is 5.97 Å². The quantitative estimate of drug-likeness (QED) is 0.737. The number of ether oxygens (including phenoxy) is 1. The Kier molecular flexibility index (Phi) is 3.52. The van der Waals surface area contributed by atoms with E-state index in [1.807, 2.05) is 48.5 Å². The molecule has 0 N–H and O–H groups in total. The summed E-state index contributed by atoms with van der Waals surface area (Å²) in [5.74, 6) is 0.364. The van der Waals surface area contributed by atoms with Gasteiger partial charge >= 0.3 is 5.97 Å². The van der Waals surface area contributed by atoms with Crippen molar-refractivity contribution in [3.63, 3.8) is 0 Å². The molecular formula is C22H24O2. The molecule has 2 aromatic carbocycles. The number of rotatable bonds is 4. The minimum atomic E-state index is -0.535. The Morgan fingerprint density at radius 3 is 2.12 bits per heavy atom. The molecule has 0 radical (unpaired) electrons. The molecule has 1 aliphatic heterocycles. The fourth-order valence-electron chi connectivity index (χ4n) is 4.38. The summed E-state index contributed by atoms with van der Waals surface area (Å²) in [6.45, 7) is 4.55. The molecule has 1 saturated carbocycles. The Morgan fingerprint density at radius 1 is 0.958 bits per heavy atom. The third-order valence-electron chi connectivity index (χ3n) is 6.13. The number of hydrogen-bond donors (Lipinski definition) is 0. The Balaban J connectivity index is 1.80. The molecular weight excluding hydrogens is 296 g/mol. The summed E-state index contributed by atoms with van der Waals surface area (Å²) in [6.07, 6.45) is 3.19. The number of carbonyl (C=O) groups is 1. The van der Waals surface area contributed by atoms with Crippen LogP contribution in [0.3, 0.4) is 0 Å². The zero-order valence-corrected chi connectivity index (χ0v) is 14.4. The molecule has 2 fully saturated rings. The van der Waals surface area contributed by atoms with Crippen molar-refractivity contribution in [1.82, 2.24) is 0 Å². The lowest BCUT2D eigenvalue weighted by molar-refractivity contribution is -0.163. The highest BCUT2D eigenvalue weighted by molar-refractivity contribution is 5.81. The molecule has 1 aliphatic carbocycles. The fourth-order valence-corrected chi connectivity index (χ4v) is 4.38. The third-order valence-corrected chi connectivity index (χ3v) is 6.13. The first-order valence-electron chi connectivity index (χ1n) is 8.88. The van der Waals surface area contributed by atoms with Crippen molar-refractivity contribution in [1.29, 1.82) is 0 Å². The van der Waals surface area contributed by atoms with Crippen LogP contribution in [-0.2, 0) is 15.1 Å². The summed E-state index contributed by atoms with van der Waals surface area (Å²) in [6, 6.07) is 20.4. The second kappa shape index (κ2) is 5.47. The zero-order valence-electron chi connectivity index (χ0n) is 14.4. The van der Waals surface area contributed by atoms with E-state index in [9.17, 15) is 4.79 Å². The first kappa shape index (κ1) is 15.4. The first-order valence-corrected chi connectivity index (χ1v) is 8.88. The molecule has 2 aliphatic rings. The molecule has 0 amide bonds. The van der Waals surface area contributed by atoms with Crippen molar-refractivity contribution in [3.8, 4) is 0 Å². The number of esters is 1. The van der Waals surface area contributed by atoms with Crippen molar-refractivity contribution in [3.05, 3.63) is 71.8 Å². The van der Waals surface area contributed by atoms with E-state index in [0.717, 1.165) is 17.5 Å². The summed E-state index contributed by atoms with van der Waals surface area (Å²) in [4.78, 5) is 12.8. The average molecular weight is 320 g/mol. The molecule has 0 unspecified atom stereocenters. The Labute approximate surface area is 143 Å². The summed E-state index contributed by atoms with van der Waals surface area (Å²) >= 11 is 0. The van der Waals surface area contributed by atoms with Gasteiger partial charge in [0.1, 0.15) is 5.60 Å². The van der Waals surface area contributed by atoms with Crippen LogP contribution in [0.4, 0.5) is 0 Å². The second-order valence-electron chi connectivity index (χ2n) is 7.78. The van der Waals surface area contributed by atoms with Crippen molar-refractivity contribution in [2.75, 3.05) is 0 Å². The minimum absolute atomic E-state index is 0.0620. The van der Waals surface area contributed by atoms with Crippen LogP contribution in [0.15, 0.2) is 60.7 Å². The Hall–Kier alpha value is -2.09. The molecule has 124 valence electrons. The maximum absolute atomic E-state index is 12.8. The normalized spacial score (nSPS) is 27.1. The molecule has 4 rings (SSSR count). The zero-order chi connectivity index (χ0) is 16.8. The van der Waals surface area contributed by atoms with E-state index in [2.05, 4.69) is 26.0 Å². The van der Waals surface area contributed by atoms with Gasteiger partial charge in [0.05, 0.1) is 5.92 Å². The van der Waals surface area contributed by atoms with E-state index in [4.69, 9.17) is 4.74 Å². The number of cyclic esters (lactones) is 1. The molecule has 1 heterocycles. The van der Waals surface area contributed by atoms with E-state index in [1.54, 1.807) is 0 Å². The van der Waals surface area contributed by atoms with Crippen molar-refractivity contribution < 1.29 is 9.53 Å². The standard InChI is InChI=1S/C22H24O2/c1-21(2,17-13-14-17)22(18-11-7-4-8-12-18)15-19(20(23)24-22)16-9-5-3-6-10-16/h3-12,17,19H,13-15H2,1-2H3/t19-,22-/m0/s1. The van der Waals surface area contributed by atoms with Gasteiger partial charge in [-0.05, 0) is 29.9 Å². The van der Waals surface area contributed by atoms with Gasteiger partial charge in [0, 0.05) is 11.8 Å². The number of carbonyl (C=O) groups excluding carboxylic acids is 1. The van der Waals surface area contributed by atoms with Crippen molar-refractivity contribution in [2.24, 2.45) is 11.3 Å². The van der Waals surface area contributed by atoms with Gasteiger partial charge in [0.2, 0.25) is 0 Å². The first-order chi connectivity index (χ1) is 11.5. The van der Waals surface area contributed by atoms with Crippen LogP contribution in [0.25, 0.3) is 0 Å². The lowest BCUT2D eigenvalue weighted by Gasteiger charge is -2.43. The smallest absolute Gasteiger partial charge is 0.314 e. The Bertz CT molecular complexity index is 731. The van der Waals surface area contributed by atoms with Crippen LogP contribution in [0.2, 0.25) is 0 Å². The van der Waals surface area contributed by atoms with Crippen molar-refractivity contribution in [2.45, 2.75) is 44.6 Å². The molecule has 24 heavy (non-hydrogen) atoms. The fraction of sp³-hybridized carbons (Fsp3) is 0.409. The lowest BCUT2D eigenvalue weighted by Crippen LogP contribution is -2.43. The minimum Gasteiger partial charge on any atom is -0.453 e. The third kappa shape index (κ3) is 2.28. The molecule has 2 aromatic rings. The lowest BCUT2D eigenvalue weighted by atomic mass is 9.65. The summed E-state index contributed by atoms with van der Waals surface area (Å²) in [5, 5.41) is 0.